The summed E-state index contributed by atoms with van der Waals surface area (Å²) in [5.74, 6) is -0.830. The van der Waals surface area contributed by atoms with Gasteiger partial charge < -0.3 is 0 Å². The van der Waals surface area contributed by atoms with Gasteiger partial charge >= 0.3 is 0 Å². The first-order valence-electron chi connectivity index (χ1n) is 6.92. The van der Waals surface area contributed by atoms with Crippen LogP contribution in [0.15, 0.2) is 64.5 Å². The Morgan fingerprint density at radius 3 is 2.08 bits per heavy atom. The average molecular weight is 334 g/mol. The summed E-state index contributed by atoms with van der Waals surface area (Å²) in [5.41, 5.74) is 1.39. The lowest BCUT2D eigenvalue weighted by atomic mass is 10.1. The summed E-state index contributed by atoms with van der Waals surface area (Å²) in [4.78, 5) is 3.78. The highest BCUT2D eigenvalue weighted by molar-refractivity contribution is 6.33. The zero-order valence-electron chi connectivity index (χ0n) is 12.6. The molecule has 1 aliphatic rings. The summed E-state index contributed by atoms with van der Waals surface area (Å²) >= 11 is 6.09. The van der Waals surface area contributed by atoms with E-state index >= 15 is 0 Å². The van der Waals surface area contributed by atoms with Gasteiger partial charge in [-0.15, -0.1) is 0 Å². The van der Waals surface area contributed by atoms with E-state index in [0.717, 1.165) is 0 Å². The van der Waals surface area contributed by atoms with Gasteiger partial charge in [0.15, 0.2) is 5.92 Å². The molecule has 24 heavy (non-hydrogen) atoms. The average Bonchev–Trinajstić information content (AvgIpc) is 2.99. The van der Waals surface area contributed by atoms with Crippen LogP contribution in [0, 0.1) is 51.2 Å². The Morgan fingerprint density at radius 1 is 1.04 bits per heavy atom. The van der Waals surface area contributed by atoms with Gasteiger partial charge in [0.05, 0.1) is 12.1 Å². The van der Waals surface area contributed by atoms with Crippen molar-refractivity contribution in [3.05, 3.63) is 64.5 Å². The van der Waals surface area contributed by atoms with Crippen LogP contribution in [0.5, 0.6) is 0 Å². The van der Waals surface area contributed by atoms with Crippen molar-refractivity contribution in [3.63, 3.8) is 0 Å². The van der Waals surface area contributed by atoms with Gasteiger partial charge in [0, 0.05) is 17.4 Å². The van der Waals surface area contributed by atoms with Gasteiger partial charge in [-0.05, 0) is 48.3 Å². The first-order valence-corrected chi connectivity index (χ1v) is 7.29. The van der Waals surface area contributed by atoms with Crippen molar-refractivity contribution >= 4 is 11.6 Å². The fourth-order valence-electron chi connectivity index (χ4n) is 1.87. The van der Waals surface area contributed by atoms with Gasteiger partial charge in [0.25, 0.3) is 0 Å². The van der Waals surface area contributed by atoms with E-state index in [1.165, 1.54) is 12.2 Å². The van der Waals surface area contributed by atoms with Crippen LogP contribution < -0.4 is 0 Å². The summed E-state index contributed by atoms with van der Waals surface area (Å²) in [6.07, 6.45) is 7.66. The third kappa shape index (κ3) is 5.78. The molecule has 0 saturated carbocycles. The molecule has 0 aromatic carbocycles. The van der Waals surface area contributed by atoms with Crippen molar-refractivity contribution in [1.82, 2.24) is 4.98 Å². The van der Waals surface area contributed by atoms with Gasteiger partial charge in [0.2, 0.25) is 0 Å². The van der Waals surface area contributed by atoms with E-state index in [0.29, 0.717) is 29.0 Å². The predicted molar refractivity (Wildman–Crippen MR) is 88.5 cm³/mol. The molecule has 0 atom stereocenters. The summed E-state index contributed by atoms with van der Waals surface area (Å²) in [5, 5.41) is 35.1. The number of hydrogen-bond acceptors (Lipinski definition) is 5. The summed E-state index contributed by atoms with van der Waals surface area (Å²) in [7, 11) is 0. The number of nitriles is 4. The van der Waals surface area contributed by atoms with E-state index in [4.69, 9.17) is 32.6 Å². The van der Waals surface area contributed by atoms with E-state index in [1.54, 1.807) is 24.5 Å². The molecule has 1 heterocycles. The van der Waals surface area contributed by atoms with Crippen LogP contribution in [0.2, 0.25) is 0 Å². The Morgan fingerprint density at radius 2 is 1.67 bits per heavy atom. The van der Waals surface area contributed by atoms with Crippen molar-refractivity contribution in [3.8, 4) is 24.3 Å². The quantitative estimate of drug-likeness (QED) is 0.762. The first kappa shape index (κ1) is 18.7. The predicted octanol–water partition coefficient (Wildman–Crippen LogP) is 3.92. The second kappa shape index (κ2) is 10.4. The number of aromatic nitrogens is 1. The molecule has 0 radical (unpaired) electrons. The Bertz CT molecular complexity index is 767. The van der Waals surface area contributed by atoms with Crippen molar-refractivity contribution in [2.75, 3.05) is 0 Å². The number of rotatable bonds is 2. The molecule has 0 fully saturated rings. The lowest BCUT2D eigenvalue weighted by Crippen LogP contribution is -1.89. The van der Waals surface area contributed by atoms with Crippen LogP contribution >= 0.6 is 11.6 Å². The summed E-state index contributed by atoms with van der Waals surface area (Å²) < 4.78 is 0. The van der Waals surface area contributed by atoms with E-state index in [-0.39, 0.29) is 5.57 Å². The molecule has 0 bridgehead atoms. The van der Waals surface area contributed by atoms with Crippen LogP contribution in [0.3, 0.4) is 0 Å². The number of allylic oxidation sites excluding steroid dienone is 6. The Balaban J connectivity index is 0.000000400. The highest BCUT2D eigenvalue weighted by Crippen LogP contribution is 2.36. The molecular weight excluding hydrogens is 322 g/mol. The summed E-state index contributed by atoms with van der Waals surface area (Å²) in [6.45, 7) is 0. The Kier molecular flexibility index (Phi) is 8.06. The Labute approximate surface area is 145 Å². The van der Waals surface area contributed by atoms with Gasteiger partial charge in [-0.25, -0.2) is 0 Å². The lowest BCUT2D eigenvalue weighted by Gasteiger charge is -1.97. The first-order chi connectivity index (χ1) is 11.7. The maximum atomic E-state index is 8.69. The smallest absolute Gasteiger partial charge is 0.152 e. The zero-order chi connectivity index (χ0) is 17.8. The number of halogens is 1. The monoisotopic (exact) mass is 333 g/mol. The molecule has 0 N–H and O–H groups in total. The number of nitrogens with zero attached hydrogens (tertiary/aromatic N) is 5. The maximum Gasteiger partial charge on any atom is 0.152 e. The van der Waals surface area contributed by atoms with Crippen LogP contribution in [-0.4, -0.2) is 4.98 Å². The van der Waals surface area contributed by atoms with E-state index in [2.05, 4.69) is 4.98 Å². The fraction of sp³-hybridized carbons (Fsp3) is 0.167. The van der Waals surface area contributed by atoms with Crippen molar-refractivity contribution in [2.24, 2.45) is 5.92 Å². The maximum absolute atomic E-state index is 8.69. The second-order valence-corrected chi connectivity index (χ2v) is 4.95. The summed E-state index contributed by atoms with van der Waals surface area (Å²) in [6, 6.07) is 12.9. The number of hydrogen-bond donors (Lipinski definition) is 0. The van der Waals surface area contributed by atoms with Crippen molar-refractivity contribution in [1.29, 1.82) is 21.0 Å². The fourth-order valence-corrected chi connectivity index (χ4v) is 2.17. The molecule has 0 amide bonds. The minimum atomic E-state index is -0.830. The molecule has 1 aromatic heterocycles. The molecule has 1 aromatic rings. The van der Waals surface area contributed by atoms with Crippen LogP contribution in [0.25, 0.3) is 0 Å². The van der Waals surface area contributed by atoms with Crippen molar-refractivity contribution < 1.29 is 0 Å². The van der Waals surface area contributed by atoms with E-state index in [1.807, 2.05) is 30.3 Å². The van der Waals surface area contributed by atoms with Crippen molar-refractivity contribution in [2.45, 2.75) is 12.8 Å². The molecule has 0 spiro atoms. The molecule has 5 nitrogen and oxygen atoms in total. The molecule has 0 saturated heterocycles. The highest BCUT2D eigenvalue weighted by atomic mass is 35.5. The normalized spacial score (nSPS) is 13.8. The molecule has 6 heteroatoms. The molecule has 2 rings (SSSR count). The van der Waals surface area contributed by atoms with E-state index in [9.17, 15) is 0 Å². The van der Waals surface area contributed by atoms with Gasteiger partial charge in [-0.2, -0.15) is 21.0 Å². The SMILES string of the molecule is N#CC(C#N)=CC1=C(Cl)/C(=C/C(C#N)C#N)CC1.c1ccncc1. The molecule has 0 unspecified atom stereocenters. The zero-order valence-corrected chi connectivity index (χ0v) is 13.4. The van der Waals surface area contributed by atoms with Gasteiger partial charge in [-0.1, -0.05) is 17.7 Å². The topological polar surface area (TPSA) is 108 Å². The lowest BCUT2D eigenvalue weighted by molar-refractivity contribution is 0.996. The molecule has 0 aliphatic heterocycles. The third-order valence-corrected chi connectivity index (χ3v) is 3.48. The number of pyridine rings is 1. The van der Waals surface area contributed by atoms with Gasteiger partial charge in [0.1, 0.15) is 17.7 Å². The highest BCUT2D eigenvalue weighted by Gasteiger charge is 2.18. The minimum Gasteiger partial charge on any atom is -0.265 e. The van der Waals surface area contributed by atoms with Crippen LogP contribution in [-0.2, 0) is 0 Å². The molecular formula is C18H12ClN5. The second-order valence-electron chi connectivity index (χ2n) is 4.57. The largest absolute Gasteiger partial charge is 0.265 e. The molecule has 1 aliphatic carbocycles. The van der Waals surface area contributed by atoms with E-state index < -0.39 is 5.92 Å². The standard InChI is InChI=1S/C13H7ClN4.C5H5N/c14-13-11(3-9(5-15)6-16)1-2-12(13)4-10(7-17)8-18;1-2-4-6-5-3-1/h3-4,9H,1-2H2;1-5H/b11-3+;. The molecule has 116 valence electrons. The minimum absolute atomic E-state index is 0.0125. The van der Waals surface area contributed by atoms with Gasteiger partial charge in [-0.3, -0.25) is 4.98 Å². The van der Waals surface area contributed by atoms with Crippen LogP contribution in [0.4, 0.5) is 0 Å². The third-order valence-electron chi connectivity index (χ3n) is 3.00. The Hall–Kier alpha value is -3.38. The van der Waals surface area contributed by atoms with Crippen LogP contribution in [0.1, 0.15) is 12.8 Å².